The predicted octanol–water partition coefficient (Wildman–Crippen LogP) is 4.43. The van der Waals surface area contributed by atoms with Crippen molar-refractivity contribution in [1.82, 2.24) is 0 Å². The van der Waals surface area contributed by atoms with E-state index in [0.717, 1.165) is 22.5 Å². The Morgan fingerprint density at radius 1 is 1.25 bits per heavy atom. The summed E-state index contributed by atoms with van der Waals surface area (Å²) in [4.78, 5) is 0. The van der Waals surface area contributed by atoms with Crippen molar-refractivity contribution in [2.75, 3.05) is 17.6 Å². The topological polar surface area (TPSA) is 12.0 Å². The second-order valence-electron chi connectivity index (χ2n) is 4.18. The minimum absolute atomic E-state index is 0.813. The van der Waals surface area contributed by atoms with Crippen LogP contribution in [-0.4, -0.2) is 17.5 Å². The minimum atomic E-state index is 0.813. The SMILES string of the molecule is Clc1ccccc1NCCSC1CCCC1. The highest BCUT2D eigenvalue weighted by atomic mass is 35.5. The van der Waals surface area contributed by atoms with Crippen LogP contribution < -0.4 is 5.32 Å². The van der Waals surface area contributed by atoms with Crippen LogP contribution in [0.2, 0.25) is 5.02 Å². The first kappa shape index (κ1) is 12.1. The van der Waals surface area contributed by atoms with Crippen LogP contribution >= 0.6 is 23.4 Å². The summed E-state index contributed by atoms with van der Waals surface area (Å²) in [5, 5.41) is 5.11. The zero-order valence-corrected chi connectivity index (χ0v) is 11.0. The van der Waals surface area contributed by atoms with Crippen LogP contribution in [0.15, 0.2) is 24.3 Å². The molecule has 1 aromatic carbocycles. The quantitative estimate of drug-likeness (QED) is 0.782. The van der Waals surface area contributed by atoms with Gasteiger partial charge in [-0.2, -0.15) is 11.8 Å². The highest BCUT2D eigenvalue weighted by Crippen LogP contribution is 2.29. The lowest BCUT2D eigenvalue weighted by Gasteiger charge is -2.10. The molecule has 0 unspecified atom stereocenters. The largest absolute Gasteiger partial charge is 0.383 e. The molecular weight excluding hydrogens is 238 g/mol. The van der Waals surface area contributed by atoms with E-state index in [0.29, 0.717) is 0 Å². The van der Waals surface area contributed by atoms with Crippen LogP contribution in [-0.2, 0) is 0 Å². The number of thioether (sulfide) groups is 1. The van der Waals surface area contributed by atoms with Crippen LogP contribution in [0, 0.1) is 0 Å². The van der Waals surface area contributed by atoms with Gasteiger partial charge in [0.05, 0.1) is 10.7 Å². The normalized spacial score (nSPS) is 16.6. The van der Waals surface area contributed by atoms with E-state index in [4.69, 9.17) is 11.6 Å². The van der Waals surface area contributed by atoms with E-state index in [-0.39, 0.29) is 0 Å². The average molecular weight is 256 g/mol. The van der Waals surface area contributed by atoms with E-state index in [1.807, 2.05) is 24.3 Å². The van der Waals surface area contributed by atoms with Gasteiger partial charge in [-0.1, -0.05) is 36.6 Å². The average Bonchev–Trinajstić information content (AvgIpc) is 2.79. The molecule has 1 aliphatic carbocycles. The van der Waals surface area contributed by atoms with Gasteiger partial charge in [-0.15, -0.1) is 0 Å². The molecule has 0 atom stereocenters. The van der Waals surface area contributed by atoms with Gasteiger partial charge in [-0.3, -0.25) is 0 Å². The molecule has 0 bridgehead atoms. The Labute approximate surface area is 107 Å². The van der Waals surface area contributed by atoms with Crippen LogP contribution in [0.4, 0.5) is 5.69 Å². The van der Waals surface area contributed by atoms with Gasteiger partial charge in [-0.25, -0.2) is 0 Å². The van der Waals surface area contributed by atoms with E-state index in [1.165, 1.54) is 31.4 Å². The summed E-state index contributed by atoms with van der Waals surface area (Å²) < 4.78 is 0. The number of hydrogen-bond donors (Lipinski definition) is 1. The molecule has 0 aromatic heterocycles. The maximum atomic E-state index is 6.06. The molecule has 1 nitrogen and oxygen atoms in total. The summed E-state index contributed by atoms with van der Waals surface area (Å²) >= 11 is 8.16. The van der Waals surface area contributed by atoms with Gasteiger partial charge in [-0.05, 0) is 25.0 Å². The molecule has 1 aromatic rings. The molecule has 0 amide bonds. The van der Waals surface area contributed by atoms with Crippen molar-refractivity contribution in [2.24, 2.45) is 0 Å². The Balaban J connectivity index is 1.66. The highest BCUT2D eigenvalue weighted by Gasteiger charge is 2.14. The molecule has 0 saturated heterocycles. The zero-order chi connectivity index (χ0) is 11.2. The summed E-state index contributed by atoms with van der Waals surface area (Å²) in [6.45, 7) is 1.00. The molecule has 1 fully saturated rings. The Bertz CT molecular complexity index is 323. The molecular formula is C13H18ClNS. The first-order valence-electron chi connectivity index (χ1n) is 5.96. The lowest BCUT2D eigenvalue weighted by atomic mass is 10.3. The molecule has 88 valence electrons. The number of benzene rings is 1. The molecule has 1 aliphatic rings. The number of nitrogens with one attached hydrogen (secondary N) is 1. The Kier molecular flexibility index (Phi) is 4.86. The van der Waals surface area contributed by atoms with Gasteiger partial charge < -0.3 is 5.32 Å². The van der Waals surface area contributed by atoms with Crippen molar-refractivity contribution in [3.05, 3.63) is 29.3 Å². The Morgan fingerprint density at radius 3 is 2.75 bits per heavy atom. The first-order chi connectivity index (χ1) is 7.86. The number of para-hydroxylation sites is 1. The van der Waals surface area contributed by atoms with Crippen LogP contribution in [0.25, 0.3) is 0 Å². The molecule has 2 rings (SSSR count). The third-order valence-electron chi connectivity index (χ3n) is 2.95. The maximum absolute atomic E-state index is 6.06. The van der Waals surface area contributed by atoms with E-state index in [9.17, 15) is 0 Å². The van der Waals surface area contributed by atoms with Gasteiger partial charge in [0, 0.05) is 17.5 Å². The van der Waals surface area contributed by atoms with Crippen molar-refractivity contribution in [3.8, 4) is 0 Å². The number of anilines is 1. The molecule has 1 N–H and O–H groups in total. The van der Waals surface area contributed by atoms with Crippen LogP contribution in [0.5, 0.6) is 0 Å². The fourth-order valence-corrected chi connectivity index (χ4v) is 3.49. The summed E-state index contributed by atoms with van der Waals surface area (Å²) in [6.07, 6.45) is 5.68. The van der Waals surface area contributed by atoms with Gasteiger partial charge in [0.25, 0.3) is 0 Å². The monoisotopic (exact) mass is 255 g/mol. The molecule has 0 heterocycles. The van der Waals surface area contributed by atoms with Crippen LogP contribution in [0.3, 0.4) is 0 Å². The third kappa shape index (κ3) is 3.60. The van der Waals surface area contributed by atoms with Crippen LogP contribution in [0.1, 0.15) is 25.7 Å². The summed E-state index contributed by atoms with van der Waals surface area (Å²) in [5.74, 6) is 1.18. The summed E-state index contributed by atoms with van der Waals surface area (Å²) in [6, 6.07) is 7.93. The fourth-order valence-electron chi connectivity index (χ4n) is 2.07. The van der Waals surface area contributed by atoms with E-state index < -0.39 is 0 Å². The van der Waals surface area contributed by atoms with E-state index in [2.05, 4.69) is 17.1 Å². The number of halogens is 1. The lowest BCUT2D eigenvalue weighted by molar-refractivity contribution is 0.886. The highest BCUT2D eigenvalue weighted by molar-refractivity contribution is 7.99. The fraction of sp³-hybridized carbons (Fsp3) is 0.538. The second-order valence-corrected chi connectivity index (χ2v) is 6.00. The standard InChI is InChI=1S/C13H18ClNS/c14-12-7-3-4-8-13(12)15-9-10-16-11-5-1-2-6-11/h3-4,7-8,11,15H,1-2,5-6,9-10H2. The minimum Gasteiger partial charge on any atom is -0.383 e. The number of rotatable bonds is 5. The van der Waals surface area contributed by atoms with Gasteiger partial charge in [0.2, 0.25) is 0 Å². The van der Waals surface area contributed by atoms with E-state index in [1.54, 1.807) is 0 Å². The molecule has 1 saturated carbocycles. The lowest BCUT2D eigenvalue weighted by Crippen LogP contribution is -2.07. The van der Waals surface area contributed by atoms with Crippen molar-refractivity contribution in [1.29, 1.82) is 0 Å². The molecule has 3 heteroatoms. The van der Waals surface area contributed by atoms with Crippen molar-refractivity contribution in [2.45, 2.75) is 30.9 Å². The van der Waals surface area contributed by atoms with Crippen molar-refractivity contribution < 1.29 is 0 Å². The predicted molar refractivity (Wildman–Crippen MR) is 74.7 cm³/mol. The maximum Gasteiger partial charge on any atom is 0.0637 e. The molecule has 16 heavy (non-hydrogen) atoms. The van der Waals surface area contributed by atoms with Gasteiger partial charge in [0.1, 0.15) is 0 Å². The summed E-state index contributed by atoms with van der Waals surface area (Å²) in [7, 11) is 0. The Morgan fingerprint density at radius 2 is 2.00 bits per heavy atom. The van der Waals surface area contributed by atoms with Gasteiger partial charge in [0.15, 0.2) is 0 Å². The molecule has 0 aliphatic heterocycles. The first-order valence-corrected chi connectivity index (χ1v) is 7.39. The third-order valence-corrected chi connectivity index (χ3v) is 4.66. The smallest absolute Gasteiger partial charge is 0.0637 e. The second kappa shape index (κ2) is 6.41. The molecule has 0 radical (unpaired) electrons. The van der Waals surface area contributed by atoms with Crippen molar-refractivity contribution >= 4 is 29.1 Å². The Hall–Kier alpha value is -0.340. The van der Waals surface area contributed by atoms with Gasteiger partial charge >= 0.3 is 0 Å². The molecule has 0 spiro atoms. The van der Waals surface area contributed by atoms with E-state index >= 15 is 0 Å². The van der Waals surface area contributed by atoms with Crippen molar-refractivity contribution in [3.63, 3.8) is 0 Å². The zero-order valence-electron chi connectivity index (χ0n) is 9.42. The summed E-state index contributed by atoms with van der Waals surface area (Å²) in [5.41, 5.74) is 1.05. The number of hydrogen-bond acceptors (Lipinski definition) is 2.